The van der Waals surface area contributed by atoms with Crippen LogP contribution in [0.5, 0.6) is 0 Å². The Balaban J connectivity index is 2.12. The van der Waals surface area contributed by atoms with Crippen molar-refractivity contribution in [2.24, 2.45) is 24.1 Å². The zero-order valence-corrected chi connectivity index (χ0v) is 12.6. The molecule has 1 heterocycles. The minimum absolute atomic E-state index is 0.157. The molecule has 1 aromatic carbocycles. The van der Waals surface area contributed by atoms with Gasteiger partial charge in [0.25, 0.3) is 0 Å². The van der Waals surface area contributed by atoms with Crippen LogP contribution in [0.2, 0.25) is 0 Å². The van der Waals surface area contributed by atoms with Crippen molar-refractivity contribution in [1.29, 1.82) is 0 Å². The number of carbonyl (C=O) groups is 1. The fraction of sp³-hybridized carbons (Fsp3) is 0.471. The fourth-order valence-corrected chi connectivity index (χ4v) is 3.86. The van der Waals surface area contributed by atoms with Gasteiger partial charge in [-0.15, -0.1) is 0 Å². The number of aryl methyl sites for hydroxylation is 1. The van der Waals surface area contributed by atoms with Crippen molar-refractivity contribution >= 4 is 16.8 Å². The third-order valence-corrected chi connectivity index (χ3v) is 5.23. The molecule has 1 aliphatic carbocycles. The average Bonchev–Trinajstić information content (AvgIpc) is 2.79. The molecule has 2 atom stereocenters. The Hall–Kier alpha value is -1.77. The molecule has 1 saturated carbocycles. The van der Waals surface area contributed by atoms with E-state index in [1.807, 2.05) is 0 Å². The molecule has 1 aromatic heterocycles. The van der Waals surface area contributed by atoms with E-state index in [4.69, 9.17) is 5.73 Å². The number of rotatable bonds is 3. The number of nitrogens with two attached hydrogens (primary N) is 1. The van der Waals surface area contributed by atoms with Crippen LogP contribution in [-0.4, -0.2) is 10.5 Å². The second-order valence-electron chi connectivity index (χ2n) is 6.65. The first-order valence-electron chi connectivity index (χ1n) is 7.18. The molecular formula is C17H22N2O. The summed E-state index contributed by atoms with van der Waals surface area (Å²) in [5, 5.41) is 1.32. The fourth-order valence-electron chi connectivity index (χ4n) is 3.86. The van der Waals surface area contributed by atoms with Crippen LogP contribution in [0.15, 0.2) is 24.3 Å². The number of aromatic nitrogens is 1. The Labute approximate surface area is 119 Å². The normalized spacial score (nSPS) is 24.0. The van der Waals surface area contributed by atoms with E-state index in [0.717, 1.165) is 0 Å². The van der Waals surface area contributed by atoms with Gasteiger partial charge < -0.3 is 10.3 Å². The lowest BCUT2D eigenvalue weighted by atomic mass is 10.0. The molecule has 0 radical (unpaired) electrons. The van der Waals surface area contributed by atoms with Crippen LogP contribution in [-0.2, 0) is 11.8 Å². The summed E-state index contributed by atoms with van der Waals surface area (Å²) >= 11 is 0. The van der Waals surface area contributed by atoms with Crippen LogP contribution in [0.1, 0.15) is 37.4 Å². The molecule has 3 heteroatoms. The minimum Gasteiger partial charge on any atom is -0.370 e. The van der Waals surface area contributed by atoms with Gasteiger partial charge in [-0.2, -0.15) is 0 Å². The van der Waals surface area contributed by atoms with Gasteiger partial charge >= 0.3 is 0 Å². The summed E-state index contributed by atoms with van der Waals surface area (Å²) in [6.45, 7) is 6.66. The molecule has 106 valence electrons. The molecule has 1 amide bonds. The molecular weight excluding hydrogens is 248 g/mol. The topological polar surface area (TPSA) is 48.0 Å². The Kier molecular flexibility index (Phi) is 2.72. The molecule has 3 nitrogen and oxygen atoms in total. The van der Waals surface area contributed by atoms with Crippen molar-refractivity contribution in [1.82, 2.24) is 4.57 Å². The summed E-state index contributed by atoms with van der Waals surface area (Å²) in [5.41, 5.74) is 9.53. The number of amides is 1. The van der Waals surface area contributed by atoms with E-state index in [9.17, 15) is 4.79 Å². The highest BCUT2D eigenvalue weighted by molar-refractivity contribution is 5.87. The van der Waals surface area contributed by atoms with Crippen molar-refractivity contribution < 1.29 is 4.79 Å². The molecule has 0 saturated heterocycles. The van der Waals surface area contributed by atoms with Crippen LogP contribution >= 0.6 is 0 Å². The van der Waals surface area contributed by atoms with Gasteiger partial charge in [-0.05, 0) is 35.8 Å². The maximum atomic E-state index is 11.3. The molecule has 0 aliphatic heterocycles. The lowest BCUT2D eigenvalue weighted by Crippen LogP contribution is -2.12. The van der Waals surface area contributed by atoms with E-state index in [-0.39, 0.29) is 11.3 Å². The van der Waals surface area contributed by atoms with Crippen molar-refractivity contribution in [3.63, 3.8) is 0 Å². The molecule has 1 fully saturated rings. The monoisotopic (exact) mass is 270 g/mol. The molecule has 1 aliphatic rings. The van der Waals surface area contributed by atoms with Crippen LogP contribution < -0.4 is 5.73 Å². The van der Waals surface area contributed by atoms with Gasteiger partial charge in [0.15, 0.2) is 0 Å². The van der Waals surface area contributed by atoms with E-state index in [1.165, 1.54) is 22.2 Å². The predicted octanol–water partition coefficient (Wildman–Crippen LogP) is 3.10. The van der Waals surface area contributed by atoms with Crippen molar-refractivity contribution in [2.45, 2.75) is 33.1 Å². The predicted molar refractivity (Wildman–Crippen MR) is 81.5 cm³/mol. The third kappa shape index (κ3) is 1.69. The van der Waals surface area contributed by atoms with Crippen LogP contribution in [0.4, 0.5) is 0 Å². The first-order chi connectivity index (χ1) is 9.35. The molecule has 20 heavy (non-hydrogen) atoms. The number of nitrogens with zero attached hydrogens (tertiary/aromatic N) is 1. The highest BCUT2D eigenvalue weighted by Gasteiger charge is 2.59. The number of primary amides is 1. The Bertz CT molecular complexity index is 696. The van der Waals surface area contributed by atoms with Crippen molar-refractivity contribution in [3.05, 3.63) is 35.5 Å². The lowest BCUT2D eigenvalue weighted by molar-refractivity contribution is -0.118. The number of para-hydroxylation sites is 1. The van der Waals surface area contributed by atoms with Gasteiger partial charge in [0.1, 0.15) is 0 Å². The Morgan fingerprint density at radius 3 is 2.65 bits per heavy atom. The number of fused-ring (bicyclic) bond motifs is 1. The molecule has 2 unspecified atom stereocenters. The average molecular weight is 270 g/mol. The van der Waals surface area contributed by atoms with E-state index in [1.54, 1.807) is 0 Å². The third-order valence-electron chi connectivity index (χ3n) is 5.23. The smallest absolute Gasteiger partial charge is 0.217 e. The largest absolute Gasteiger partial charge is 0.370 e. The first kappa shape index (κ1) is 13.2. The summed E-state index contributed by atoms with van der Waals surface area (Å²) in [6, 6.07) is 8.51. The molecule has 0 spiro atoms. The number of benzene rings is 1. The molecule has 3 rings (SSSR count). The molecule has 2 N–H and O–H groups in total. The van der Waals surface area contributed by atoms with E-state index >= 15 is 0 Å². The van der Waals surface area contributed by atoms with Gasteiger partial charge in [-0.25, -0.2) is 0 Å². The number of hydrogen-bond acceptors (Lipinski definition) is 1. The SMILES string of the molecule is Cc1c(C2C(CC(N)=O)C2(C)C)c2ccccc2n1C. The maximum absolute atomic E-state index is 11.3. The Morgan fingerprint density at radius 2 is 2.00 bits per heavy atom. The second kappa shape index (κ2) is 4.11. The van der Waals surface area contributed by atoms with Gasteiger partial charge in [-0.3, -0.25) is 4.79 Å². The minimum atomic E-state index is -0.191. The van der Waals surface area contributed by atoms with E-state index < -0.39 is 0 Å². The lowest BCUT2D eigenvalue weighted by Gasteiger charge is -2.04. The molecule has 0 bridgehead atoms. The summed E-state index contributed by atoms with van der Waals surface area (Å²) < 4.78 is 2.25. The summed E-state index contributed by atoms with van der Waals surface area (Å²) in [4.78, 5) is 11.3. The highest BCUT2D eigenvalue weighted by atomic mass is 16.1. The summed E-state index contributed by atoms with van der Waals surface area (Å²) in [5.74, 6) is 0.606. The van der Waals surface area contributed by atoms with Crippen molar-refractivity contribution in [3.8, 4) is 0 Å². The van der Waals surface area contributed by atoms with Gasteiger partial charge in [0.05, 0.1) is 0 Å². The standard InChI is InChI=1S/C17H22N2O/c1-10-15(11-7-5-6-8-13(11)19(10)4)16-12(9-14(18)20)17(16,2)3/h5-8,12,16H,9H2,1-4H3,(H2,18,20). The maximum Gasteiger partial charge on any atom is 0.217 e. The van der Waals surface area contributed by atoms with Crippen molar-refractivity contribution in [2.75, 3.05) is 0 Å². The quantitative estimate of drug-likeness (QED) is 0.915. The molecule has 2 aromatic rings. The zero-order valence-electron chi connectivity index (χ0n) is 12.6. The summed E-state index contributed by atoms with van der Waals surface area (Å²) in [6.07, 6.45) is 0.486. The van der Waals surface area contributed by atoms with Gasteiger partial charge in [0.2, 0.25) is 5.91 Å². The van der Waals surface area contributed by atoms with E-state index in [0.29, 0.717) is 18.3 Å². The first-order valence-corrected chi connectivity index (χ1v) is 7.18. The van der Waals surface area contributed by atoms with Gasteiger partial charge in [-0.1, -0.05) is 32.0 Å². The van der Waals surface area contributed by atoms with Gasteiger partial charge in [0, 0.05) is 30.1 Å². The number of hydrogen-bond donors (Lipinski definition) is 1. The number of carbonyl (C=O) groups excluding carboxylic acids is 1. The van der Waals surface area contributed by atoms with Crippen LogP contribution in [0, 0.1) is 18.3 Å². The highest BCUT2D eigenvalue weighted by Crippen LogP contribution is 2.67. The zero-order chi connectivity index (χ0) is 14.7. The summed E-state index contributed by atoms with van der Waals surface area (Å²) in [7, 11) is 2.11. The van der Waals surface area contributed by atoms with E-state index in [2.05, 4.69) is 56.7 Å². The Morgan fingerprint density at radius 1 is 1.35 bits per heavy atom. The second-order valence-corrected chi connectivity index (χ2v) is 6.65. The van der Waals surface area contributed by atoms with Crippen LogP contribution in [0.3, 0.4) is 0 Å². The van der Waals surface area contributed by atoms with Crippen LogP contribution in [0.25, 0.3) is 10.9 Å².